The van der Waals surface area contributed by atoms with Crippen molar-refractivity contribution >= 4 is 23.1 Å². The summed E-state index contributed by atoms with van der Waals surface area (Å²) in [5.41, 5.74) is 5.03. The van der Waals surface area contributed by atoms with Crippen molar-refractivity contribution in [2.75, 3.05) is 33.0 Å². The average Bonchev–Trinajstić information content (AvgIpc) is 2.42. The summed E-state index contributed by atoms with van der Waals surface area (Å²) < 4.78 is 10.8. The Morgan fingerprint density at radius 3 is 2.60 bits per heavy atom. The van der Waals surface area contributed by atoms with Crippen molar-refractivity contribution in [3.05, 3.63) is 0 Å². The Kier molecular flexibility index (Phi) is 7.40. The third-order valence-electron chi connectivity index (χ3n) is 3.62. The molecule has 0 atom stereocenters. The van der Waals surface area contributed by atoms with E-state index in [1.54, 1.807) is 0 Å². The van der Waals surface area contributed by atoms with Gasteiger partial charge >= 0.3 is 0 Å². The minimum absolute atomic E-state index is 0.0965. The lowest BCUT2D eigenvalue weighted by Gasteiger charge is -2.34. The zero-order valence-electron chi connectivity index (χ0n) is 12.4. The zero-order valence-corrected chi connectivity index (χ0v) is 13.3. The molecule has 20 heavy (non-hydrogen) atoms. The van der Waals surface area contributed by atoms with E-state index in [1.807, 2.05) is 0 Å². The molecule has 6 heteroatoms. The topological polar surface area (TPSA) is 73.6 Å². The molecule has 0 aromatic heterocycles. The van der Waals surface area contributed by atoms with E-state index in [9.17, 15) is 4.79 Å². The van der Waals surface area contributed by atoms with Gasteiger partial charge in [0.25, 0.3) is 0 Å². The summed E-state index contributed by atoms with van der Waals surface area (Å²) in [7, 11) is 0. The Hall–Kier alpha value is -0.720. The van der Waals surface area contributed by atoms with Crippen molar-refractivity contribution in [3.8, 4) is 0 Å². The number of nitrogens with two attached hydrogens (primary N) is 1. The largest absolute Gasteiger partial charge is 0.392 e. The Labute approximate surface area is 126 Å². The van der Waals surface area contributed by atoms with Gasteiger partial charge in [-0.05, 0) is 25.2 Å². The van der Waals surface area contributed by atoms with Crippen LogP contribution in [0.3, 0.4) is 0 Å². The first-order valence-corrected chi connectivity index (χ1v) is 7.63. The van der Waals surface area contributed by atoms with Crippen LogP contribution in [-0.4, -0.2) is 43.9 Å². The quantitative estimate of drug-likeness (QED) is 0.521. The molecular weight excluding hydrogens is 276 g/mol. The molecule has 0 aromatic carbocycles. The molecule has 0 aliphatic carbocycles. The van der Waals surface area contributed by atoms with E-state index in [2.05, 4.69) is 19.2 Å². The van der Waals surface area contributed by atoms with E-state index < -0.39 is 5.41 Å². The van der Waals surface area contributed by atoms with Crippen LogP contribution in [0.2, 0.25) is 0 Å². The second-order valence-electron chi connectivity index (χ2n) is 5.61. The zero-order chi connectivity index (χ0) is 15.0. The minimum Gasteiger partial charge on any atom is -0.392 e. The molecule has 0 saturated carbocycles. The van der Waals surface area contributed by atoms with E-state index in [0.717, 1.165) is 13.0 Å². The van der Waals surface area contributed by atoms with Crippen molar-refractivity contribution in [1.82, 2.24) is 5.32 Å². The van der Waals surface area contributed by atoms with Crippen LogP contribution in [-0.2, 0) is 14.3 Å². The lowest BCUT2D eigenvalue weighted by Crippen LogP contribution is -2.52. The van der Waals surface area contributed by atoms with Crippen LogP contribution in [0, 0.1) is 11.3 Å². The second-order valence-corrected chi connectivity index (χ2v) is 6.05. The van der Waals surface area contributed by atoms with Crippen LogP contribution in [0.1, 0.15) is 33.1 Å². The van der Waals surface area contributed by atoms with Gasteiger partial charge in [-0.1, -0.05) is 26.1 Å². The molecule has 0 radical (unpaired) electrons. The van der Waals surface area contributed by atoms with E-state index in [4.69, 9.17) is 27.4 Å². The van der Waals surface area contributed by atoms with Crippen LogP contribution in [0.5, 0.6) is 0 Å². The minimum atomic E-state index is -0.745. The number of nitrogens with one attached hydrogen (secondary N) is 1. The van der Waals surface area contributed by atoms with Gasteiger partial charge in [0, 0.05) is 26.4 Å². The first-order valence-electron chi connectivity index (χ1n) is 7.23. The SMILES string of the molecule is CC(C)CCOCCNC(=O)C1(C(N)=S)CCOCC1. The summed E-state index contributed by atoms with van der Waals surface area (Å²) >= 11 is 5.08. The van der Waals surface area contributed by atoms with E-state index in [1.165, 1.54) is 0 Å². The van der Waals surface area contributed by atoms with E-state index >= 15 is 0 Å². The van der Waals surface area contributed by atoms with Gasteiger partial charge in [-0.3, -0.25) is 4.79 Å². The monoisotopic (exact) mass is 302 g/mol. The molecule has 1 rings (SSSR count). The summed E-state index contributed by atoms with van der Waals surface area (Å²) in [4.78, 5) is 12.6. The fourth-order valence-electron chi connectivity index (χ4n) is 2.13. The van der Waals surface area contributed by atoms with Crippen LogP contribution < -0.4 is 11.1 Å². The maximum atomic E-state index is 12.3. The lowest BCUT2D eigenvalue weighted by atomic mass is 9.79. The highest BCUT2D eigenvalue weighted by Gasteiger charge is 2.42. The highest BCUT2D eigenvalue weighted by Crippen LogP contribution is 2.31. The lowest BCUT2D eigenvalue weighted by molar-refractivity contribution is -0.131. The highest BCUT2D eigenvalue weighted by atomic mass is 32.1. The number of rotatable bonds is 8. The number of thiocarbonyl (C=S) groups is 1. The van der Waals surface area contributed by atoms with Gasteiger partial charge in [0.2, 0.25) is 5.91 Å². The summed E-state index contributed by atoms with van der Waals surface area (Å²) in [6.45, 7) is 7.09. The van der Waals surface area contributed by atoms with Crippen LogP contribution in [0.15, 0.2) is 0 Å². The Bertz CT molecular complexity index is 328. The van der Waals surface area contributed by atoms with Gasteiger partial charge in [-0.25, -0.2) is 0 Å². The molecule has 1 saturated heterocycles. The van der Waals surface area contributed by atoms with Gasteiger partial charge in [-0.15, -0.1) is 0 Å². The molecule has 1 amide bonds. The van der Waals surface area contributed by atoms with Gasteiger partial charge in [0.15, 0.2) is 0 Å². The highest BCUT2D eigenvalue weighted by molar-refractivity contribution is 7.80. The molecule has 116 valence electrons. The Morgan fingerprint density at radius 1 is 1.40 bits per heavy atom. The Balaban J connectivity index is 2.31. The third-order valence-corrected chi connectivity index (χ3v) is 4.01. The molecule has 0 spiro atoms. The predicted molar refractivity (Wildman–Crippen MR) is 82.6 cm³/mol. The Morgan fingerprint density at radius 2 is 2.05 bits per heavy atom. The number of hydrogen-bond donors (Lipinski definition) is 2. The first-order chi connectivity index (χ1) is 9.49. The van der Waals surface area contributed by atoms with Crippen LogP contribution >= 0.6 is 12.2 Å². The molecule has 0 bridgehead atoms. The van der Waals surface area contributed by atoms with Crippen molar-refractivity contribution in [1.29, 1.82) is 0 Å². The summed E-state index contributed by atoms with van der Waals surface area (Å²) in [6.07, 6.45) is 2.15. The van der Waals surface area contributed by atoms with Crippen molar-refractivity contribution in [2.45, 2.75) is 33.1 Å². The van der Waals surface area contributed by atoms with Crippen molar-refractivity contribution in [3.63, 3.8) is 0 Å². The number of amides is 1. The molecular formula is C14H26N2O3S. The van der Waals surface area contributed by atoms with Gasteiger partial charge in [0.1, 0.15) is 5.41 Å². The van der Waals surface area contributed by atoms with E-state index in [0.29, 0.717) is 45.1 Å². The standard InChI is InChI=1S/C14H26N2O3S/c1-11(2)3-7-18-10-6-16-13(17)14(12(15)20)4-8-19-9-5-14/h11H,3-10H2,1-2H3,(H2,15,20)(H,16,17). The van der Waals surface area contributed by atoms with Crippen molar-refractivity contribution in [2.24, 2.45) is 17.1 Å². The molecule has 5 nitrogen and oxygen atoms in total. The molecule has 3 N–H and O–H groups in total. The maximum Gasteiger partial charge on any atom is 0.233 e. The van der Waals surface area contributed by atoms with Gasteiger partial charge in [0.05, 0.1) is 11.6 Å². The normalized spacial score (nSPS) is 17.9. The molecule has 0 unspecified atom stereocenters. The fraction of sp³-hybridized carbons (Fsp3) is 0.857. The van der Waals surface area contributed by atoms with Crippen LogP contribution in [0.4, 0.5) is 0 Å². The molecule has 1 aliphatic heterocycles. The summed E-state index contributed by atoms with van der Waals surface area (Å²) in [5, 5.41) is 2.88. The molecule has 1 aliphatic rings. The average molecular weight is 302 g/mol. The maximum absolute atomic E-state index is 12.3. The predicted octanol–water partition coefficient (Wildman–Crippen LogP) is 1.25. The molecule has 0 aromatic rings. The smallest absolute Gasteiger partial charge is 0.233 e. The van der Waals surface area contributed by atoms with Gasteiger partial charge < -0.3 is 20.5 Å². The van der Waals surface area contributed by atoms with Crippen molar-refractivity contribution < 1.29 is 14.3 Å². The second kappa shape index (κ2) is 8.54. The number of hydrogen-bond acceptors (Lipinski definition) is 4. The summed E-state index contributed by atoms with van der Waals surface area (Å²) in [6, 6.07) is 0. The van der Waals surface area contributed by atoms with E-state index in [-0.39, 0.29) is 10.9 Å². The number of carbonyl (C=O) groups is 1. The summed E-state index contributed by atoms with van der Waals surface area (Å²) in [5.74, 6) is 0.533. The number of ether oxygens (including phenoxy) is 2. The molecule has 1 fully saturated rings. The fourth-order valence-corrected chi connectivity index (χ4v) is 2.43. The molecule has 1 heterocycles. The number of carbonyl (C=O) groups excluding carboxylic acids is 1. The van der Waals surface area contributed by atoms with Gasteiger partial charge in [-0.2, -0.15) is 0 Å². The third kappa shape index (κ3) is 5.00. The van der Waals surface area contributed by atoms with Crippen LogP contribution in [0.25, 0.3) is 0 Å². The first kappa shape index (κ1) is 17.3.